The number of rotatable bonds is 5. The maximum Gasteiger partial charge on any atom is 0.222 e. The van der Waals surface area contributed by atoms with Crippen molar-refractivity contribution in [2.45, 2.75) is 38.8 Å². The smallest absolute Gasteiger partial charge is 0.222 e. The number of carbonyl (C=O) groups is 1. The first kappa shape index (κ1) is 23.5. The lowest BCUT2D eigenvalue weighted by Crippen LogP contribution is -2.35. The molecule has 1 fully saturated rings. The summed E-state index contributed by atoms with van der Waals surface area (Å²) >= 11 is 5.92. The van der Waals surface area contributed by atoms with Gasteiger partial charge in [-0.05, 0) is 37.5 Å². The molecule has 1 aliphatic rings. The highest BCUT2D eigenvalue weighted by atomic mass is 35.5. The predicted octanol–water partition coefficient (Wildman–Crippen LogP) is 3.35. The van der Waals surface area contributed by atoms with E-state index in [2.05, 4.69) is 17.0 Å². The Labute approximate surface area is 162 Å². The van der Waals surface area contributed by atoms with Gasteiger partial charge in [-0.15, -0.1) is 24.8 Å². The van der Waals surface area contributed by atoms with Gasteiger partial charge in [-0.3, -0.25) is 9.69 Å². The Hall–Kier alpha value is -0.520. The SMILES string of the molecule is CC(N)CCC(=O)N1CCCN(Cc2ccc(Cl)cc2)CC1.Cl.Cl. The van der Waals surface area contributed by atoms with E-state index in [1.54, 1.807) is 0 Å². The summed E-state index contributed by atoms with van der Waals surface area (Å²) in [6.45, 7) is 6.48. The van der Waals surface area contributed by atoms with E-state index in [0.29, 0.717) is 6.42 Å². The second-order valence-electron chi connectivity index (χ2n) is 6.15. The van der Waals surface area contributed by atoms with Crippen LogP contribution in [0.25, 0.3) is 0 Å². The quantitative estimate of drug-likeness (QED) is 0.830. The third-order valence-corrected chi connectivity index (χ3v) is 4.33. The lowest BCUT2D eigenvalue weighted by molar-refractivity contribution is -0.131. The maximum absolute atomic E-state index is 12.2. The minimum atomic E-state index is 0. The minimum absolute atomic E-state index is 0. The molecule has 1 aromatic carbocycles. The van der Waals surface area contributed by atoms with E-state index in [9.17, 15) is 4.79 Å². The van der Waals surface area contributed by atoms with E-state index in [4.69, 9.17) is 17.3 Å². The number of hydrogen-bond acceptors (Lipinski definition) is 3. The molecule has 0 aromatic heterocycles. The van der Waals surface area contributed by atoms with Crippen LogP contribution in [0.4, 0.5) is 0 Å². The van der Waals surface area contributed by atoms with Crippen molar-refractivity contribution in [2.24, 2.45) is 5.73 Å². The average molecular weight is 397 g/mol. The van der Waals surface area contributed by atoms with E-state index >= 15 is 0 Å². The van der Waals surface area contributed by atoms with Crippen molar-refractivity contribution in [3.63, 3.8) is 0 Å². The summed E-state index contributed by atoms with van der Waals surface area (Å²) in [6.07, 6.45) is 2.36. The van der Waals surface area contributed by atoms with Gasteiger partial charge in [0.05, 0.1) is 0 Å². The van der Waals surface area contributed by atoms with Crippen LogP contribution < -0.4 is 5.73 Å². The topological polar surface area (TPSA) is 49.6 Å². The molecular formula is C17H28Cl3N3O. The fourth-order valence-electron chi connectivity index (χ4n) is 2.74. The Morgan fingerprint density at radius 1 is 1.17 bits per heavy atom. The van der Waals surface area contributed by atoms with Crippen LogP contribution in [0.2, 0.25) is 5.02 Å². The third kappa shape index (κ3) is 8.04. The second kappa shape index (κ2) is 11.9. The number of benzene rings is 1. The summed E-state index contributed by atoms with van der Waals surface area (Å²) in [7, 11) is 0. The molecule has 138 valence electrons. The molecule has 0 radical (unpaired) electrons. The first-order chi connectivity index (χ1) is 10.5. The fraction of sp³-hybridized carbons (Fsp3) is 0.588. The lowest BCUT2D eigenvalue weighted by atomic mass is 10.2. The van der Waals surface area contributed by atoms with Crippen molar-refractivity contribution >= 4 is 42.3 Å². The van der Waals surface area contributed by atoms with Crippen molar-refractivity contribution in [3.05, 3.63) is 34.9 Å². The van der Waals surface area contributed by atoms with Gasteiger partial charge >= 0.3 is 0 Å². The van der Waals surface area contributed by atoms with E-state index in [1.807, 2.05) is 24.0 Å². The number of halogens is 3. The summed E-state index contributed by atoms with van der Waals surface area (Å²) in [4.78, 5) is 16.6. The first-order valence-corrected chi connectivity index (χ1v) is 8.42. The van der Waals surface area contributed by atoms with E-state index < -0.39 is 0 Å². The predicted molar refractivity (Wildman–Crippen MR) is 105 cm³/mol. The van der Waals surface area contributed by atoms with Crippen molar-refractivity contribution in [3.8, 4) is 0 Å². The molecule has 0 spiro atoms. The minimum Gasteiger partial charge on any atom is -0.341 e. The highest BCUT2D eigenvalue weighted by molar-refractivity contribution is 6.30. The number of amides is 1. The molecule has 1 amide bonds. The van der Waals surface area contributed by atoms with Gasteiger partial charge in [0, 0.05) is 50.2 Å². The van der Waals surface area contributed by atoms with E-state index in [-0.39, 0.29) is 36.8 Å². The van der Waals surface area contributed by atoms with Crippen LogP contribution in [0.15, 0.2) is 24.3 Å². The molecule has 1 atom stereocenters. The zero-order valence-corrected chi connectivity index (χ0v) is 16.5. The number of nitrogens with zero attached hydrogens (tertiary/aromatic N) is 2. The highest BCUT2D eigenvalue weighted by Gasteiger charge is 2.19. The zero-order chi connectivity index (χ0) is 15.9. The molecule has 0 aliphatic carbocycles. The van der Waals surface area contributed by atoms with Gasteiger partial charge in [0.2, 0.25) is 5.91 Å². The zero-order valence-electron chi connectivity index (χ0n) is 14.1. The Balaban J connectivity index is 0.00000264. The molecule has 1 aliphatic heterocycles. The number of nitrogens with two attached hydrogens (primary N) is 1. The molecule has 7 heteroatoms. The summed E-state index contributed by atoms with van der Waals surface area (Å²) in [5.41, 5.74) is 7.00. The van der Waals surface area contributed by atoms with Crippen LogP contribution >= 0.6 is 36.4 Å². The van der Waals surface area contributed by atoms with Crippen molar-refractivity contribution in [2.75, 3.05) is 26.2 Å². The van der Waals surface area contributed by atoms with Gasteiger partial charge in [0.15, 0.2) is 0 Å². The fourth-order valence-corrected chi connectivity index (χ4v) is 2.86. The van der Waals surface area contributed by atoms with Crippen LogP contribution in [0.3, 0.4) is 0 Å². The Bertz CT molecular complexity index is 482. The van der Waals surface area contributed by atoms with Gasteiger partial charge in [-0.2, -0.15) is 0 Å². The molecule has 0 bridgehead atoms. The van der Waals surface area contributed by atoms with Crippen LogP contribution in [0.1, 0.15) is 31.7 Å². The second-order valence-corrected chi connectivity index (χ2v) is 6.59. The number of hydrogen-bond donors (Lipinski definition) is 1. The lowest BCUT2D eigenvalue weighted by Gasteiger charge is -2.22. The molecule has 0 saturated carbocycles. The molecule has 4 nitrogen and oxygen atoms in total. The van der Waals surface area contributed by atoms with Gasteiger partial charge in [-0.1, -0.05) is 23.7 Å². The summed E-state index contributed by atoms with van der Waals surface area (Å²) in [5.74, 6) is 0.241. The molecule has 24 heavy (non-hydrogen) atoms. The summed E-state index contributed by atoms with van der Waals surface area (Å²) < 4.78 is 0. The molecule has 1 unspecified atom stereocenters. The van der Waals surface area contributed by atoms with E-state index in [1.165, 1.54) is 5.56 Å². The van der Waals surface area contributed by atoms with Crippen molar-refractivity contribution in [1.29, 1.82) is 0 Å². The normalized spacial score (nSPS) is 16.5. The van der Waals surface area contributed by atoms with Crippen molar-refractivity contribution in [1.82, 2.24) is 9.80 Å². The molecule has 1 saturated heterocycles. The van der Waals surface area contributed by atoms with Gasteiger partial charge in [0.25, 0.3) is 0 Å². The van der Waals surface area contributed by atoms with Crippen LogP contribution in [-0.2, 0) is 11.3 Å². The summed E-state index contributed by atoms with van der Waals surface area (Å²) in [6, 6.07) is 8.09. The molecular weight excluding hydrogens is 369 g/mol. The standard InChI is InChI=1S/C17H26ClN3O.2ClH/c1-14(19)3-8-17(22)21-10-2-9-20(11-12-21)13-15-4-6-16(18)7-5-15;;/h4-7,14H,2-3,8-13,19H2,1H3;2*1H. The van der Waals surface area contributed by atoms with Crippen LogP contribution in [-0.4, -0.2) is 47.9 Å². The summed E-state index contributed by atoms with van der Waals surface area (Å²) in [5, 5.41) is 0.769. The highest BCUT2D eigenvalue weighted by Crippen LogP contribution is 2.13. The molecule has 1 heterocycles. The Morgan fingerprint density at radius 2 is 1.83 bits per heavy atom. The maximum atomic E-state index is 12.2. The largest absolute Gasteiger partial charge is 0.341 e. The Kier molecular flexibility index (Phi) is 11.7. The van der Waals surface area contributed by atoms with Crippen LogP contribution in [0, 0.1) is 0 Å². The third-order valence-electron chi connectivity index (χ3n) is 4.07. The van der Waals surface area contributed by atoms with Crippen LogP contribution in [0.5, 0.6) is 0 Å². The number of carbonyl (C=O) groups excluding carboxylic acids is 1. The van der Waals surface area contributed by atoms with Crippen molar-refractivity contribution < 1.29 is 4.79 Å². The van der Waals surface area contributed by atoms with Gasteiger partial charge in [-0.25, -0.2) is 0 Å². The van der Waals surface area contributed by atoms with Gasteiger partial charge in [0.1, 0.15) is 0 Å². The molecule has 2 rings (SSSR count). The van der Waals surface area contributed by atoms with E-state index in [0.717, 1.165) is 50.6 Å². The molecule has 2 N–H and O–H groups in total. The monoisotopic (exact) mass is 395 g/mol. The van der Waals surface area contributed by atoms with Gasteiger partial charge < -0.3 is 10.6 Å². The Morgan fingerprint density at radius 3 is 2.46 bits per heavy atom. The average Bonchev–Trinajstić information content (AvgIpc) is 2.73. The first-order valence-electron chi connectivity index (χ1n) is 8.05. The molecule has 1 aromatic rings.